The van der Waals surface area contributed by atoms with Crippen molar-refractivity contribution in [1.29, 1.82) is 0 Å². The van der Waals surface area contributed by atoms with Gasteiger partial charge in [-0.25, -0.2) is 0 Å². The van der Waals surface area contributed by atoms with Crippen LogP contribution in [0.15, 0.2) is 35.7 Å². The number of carbonyl (C=O) groups is 1. The molecule has 3 rings (SSSR count). The van der Waals surface area contributed by atoms with Gasteiger partial charge in [0, 0.05) is 13.1 Å². The van der Waals surface area contributed by atoms with Crippen LogP contribution >= 0.6 is 11.8 Å². The van der Waals surface area contributed by atoms with Crippen molar-refractivity contribution < 1.29 is 4.79 Å². The molecule has 1 aliphatic rings. The average molecular weight is 330 g/mol. The largest absolute Gasteiger partial charge is 0.342 e. The summed E-state index contributed by atoms with van der Waals surface area (Å²) in [6.45, 7) is 6.03. The number of benzene rings is 1. The summed E-state index contributed by atoms with van der Waals surface area (Å²) < 4.78 is 1.95. The van der Waals surface area contributed by atoms with Gasteiger partial charge in [0.1, 0.15) is 6.33 Å². The van der Waals surface area contributed by atoms with Crippen molar-refractivity contribution >= 4 is 17.7 Å². The minimum Gasteiger partial charge on any atom is -0.342 e. The first-order valence-electron chi connectivity index (χ1n) is 8.01. The van der Waals surface area contributed by atoms with E-state index in [2.05, 4.69) is 30.1 Å². The Labute approximate surface area is 141 Å². The van der Waals surface area contributed by atoms with E-state index in [4.69, 9.17) is 0 Å². The van der Waals surface area contributed by atoms with Crippen molar-refractivity contribution in [1.82, 2.24) is 19.7 Å². The Hall–Kier alpha value is -1.82. The van der Waals surface area contributed by atoms with Crippen LogP contribution < -0.4 is 0 Å². The van der Waals surface area contributed by atoms with Gasteiger partial charge < -0.3 is 4.90 Å². The highest BCUT2D eigenvalue weighted by atomic mass is 32.2. The van der Waals surface area contributed by atoms with E-state index < -0.39 is 0 Å². The van der Waals surface area contributed by atoms with Gasteiger partial charge in [-0.2, -0.15) is 0 Å². The van der Waals surface area contributed by atoms with Crippen LogP contribution in [0.1, 0.15) is 25.3 Å². The van der Waals surface area contributed by atoms with Gasteiger partial charge in [-0.3, -0.25) is 9.36 Å². The zero-order chi connectivity index (χ0) is 16.2. The van der Waals surface area contributed by atoms with Gasteiger partial charge in [-0.15, -0.1) is 10.2 Å². The van der Waals surface area contributed by atoms with E-state index in [0.717, 1.165) is 35.9 Å². The van der Waals surface area contributed by atoms with Crippen molar-refractivity contribution in [2.24, 2.45) is 5.92 Å². The smallest absolute Gasteiger partial charge is 0.233 e. The standard InChI is InChI=1S/C17H22N4OS/c1-13-6-5-9-20(10-13)16(22)11-23-17-19-18-12-21(17)15-8-4-3-7-14(15)2/h3-4,7-8,12-13H,5-6,9-11H2,1-2H3. The molecule has 5 nitrogen and oxygen atoms in total. The fourth-order valence-corrected chi connectivity index (χ4v) is 3.78. The maximum absolute atomic E-state index is 12.4. The summed E-state index contributed by atoms with van der Waals surface area (Å²) >= 11 is 1.46. The quantitative estimate of drug-likeness (QED) is 0.809. The van der Waals surface area contributed by atoms with Gasteiger partial charge in [-0.05, 0) is 37.3 Å². The van der Waals surface area contributed by atoms with Crippen LogP contribution in [-0.2, 0) is 4.79 Å². The lowest BCUT2D eigenvalue weighted by Gasteiger charge is -2.30. The van der Waals surface area contributed by atoms with E-state index >= 15 is 0 Å². The van der Waals surface area contributed by atoms with Crippen molar-refractivity contribution in [2.45, 2.75) is 31.8 Å². The summed E-state index contributed by atoms with van der Waals surface area (Å²) in [7, 11) is 0. The van der Waals surface area contributed by atoms with Crippen molar-refractivity contribution in [3.05, 3.63) is 36.2 Å². The molecule has 1 atom stereocenters. The summed E-state index contributed by atoms with van der Waals surface area (Å²) in [4.78, 5) is 14.4. The third-order valence-electron chi connectivity index (χ3n) is 4.23. The number of carbonyl (C=O) groups excluding carboxylic acids is 1. The summed E-state index contributed by atoms with van der Waals surface area (Å²) in [5, 5.41) is 8.94. The number of amides is 1. The molecule has 1 unspecified atom stereocenters. The number of piperidine rings is 1. The number of thioether (sulfide) groups is 1. The number of aromatic nitrogens is 3. The first kappa shape index (κ1) is 16.1. The molecule has 0 aliphatic carbocycles. The van der Waals surface area contributed by atoms with Gasteiger partial charge in [0.15, 0.2) is 5.16 Å². The Morgan fingerprint density at radius 3 is 3.00 bits per heavy atom. The third kappa shape index (κ3) is 3.75. The molecule has 1 aromatic heterocycles. The second-order valence-corrected chi connectivity index (χ2v) is 7.09. The van der Waals surface area contributed by atoms with E-state index in [1.54, 1.807) is 6.33 Å². The predicted molar refractivity (Wildman–Crippen MR) is 91.8 cm³/mol. The molecule has 0 bridgehead atoms. The molecule has 1 aromatic carbocycles. The average Bonchev–Trinajstić information content (AvgIpc) is 3.01. The lowest BCUT2D eigenvalue weighted by molar-refractivity contribution is -0.130. The number of rotatable bonds is 4. The fraction of sp³-hybridized carbons (Fsp3) is 0.471. The topological polar surface area (TPSA) is 51.0 Å². The lowest BCUT2D eigenvalue weighted by Crippen LogP contribution is -2.40. The predicted octanol–water partition coefficient (Wildman–Crippen LogP) is 2.93. The van der Waals surface area contributed by atoms with Crippen molar-refractivity contribution in [3.8, 4) is 5.69 Å². The van der Waals surface area contributed by atoms with E-state index in [1.165, 1.54) is 18.2 Å². The number of para-hydroxylation sites is 1. The molecular formula is C17H22N4OS. The van der Waals surface area contributed by atoms with Crippen LogP contribution in [0.3, 0.4) is 0 Å². The van der Waals surface area contributed by atoms with Crippen molar-refractivity contribution in [3.63, 3.8) is 0 Å². The zero-order valence-corrected chi connectivity index (χ0v) is 14.4. The fourth-order valence-electron chi connectivity index (χ4n) is 2.96. The maximum atomic E-state index is 12.4. The number of aryl methyl sites for hydroxylation is 1. The highest BCUT2D eigenvalue weighted by Gasteiger charge is 2.21. The molecule has 0 spiro atoms. The Morgan fingerprint density at radius 2 is 2.22 bits per heavy atom. The molecule has 0 radical (unpaired) electrons. The normalized spacial score (nSPS) is 18.2. The second-order valence-electron chi connectivity index (χ2n) is 6.15. The first-order valence-corrected chi connectivity index (χ1v) is 9.00. The monoisotopic (exact) mass is 330 g/mol. The summed E-state index contributed by atoms with van der Waals surface area (Å²) in [6.07, 6.45) is 4.04. The molecule has 1 fully saturated rings. The minimum atomic E-state index is 0.195. The van der Waals surface area contributed by atoms with Crippen LogP contribution in [0.25, 0.3) is 5.69 Å². The lowest BCUT2D eigenvalue weighted by atomic mass is 10.0. The Balaban J connectivity index is 1.67. The summed E-state index contributed by atoms with van der Waals surface area (Å²) in [5.41, 5.74) is 2.21. The highest BCUT2D eigenvalue weighted by molar-refractivity contribution is 7.99. The minimum absolute atomic E-state index is 0.195. The summed E-state index contributed by atoms with van der Waals surface area (Å²) in [5.74, 6) is 1.21. The first-order chi connectivity index (χ1) is 11.1. The Kier molecular flexibility index (Phi) is 5.00. The van der Waals surface area contributed by atoms with E-state index in [0.29, 0.717) is 11.7 Å². The molecule has 1 saturated heterocycles. The van der Waals surface area contributed by atoms with Crippen LogP contribution in [0.5, 0.6) is 0 Å². The van der Waals surface area contributed by atoms with Gasteiger partial charge in [0.2, 0.25) is 5.91 Å². The Morgan fingerprint density at radius 1 is 1.39 bits per heavy atom. The van der Waals surface area contributed by atoms with Crippen LogP contribution in [0.2, 0.25) is 0 Å². The molecule has 2 heterocycles. The van der Waals surface area contributed by atoms with Crippen LogP contribution in [0.4, 0.5) is 0 Å². The molecule has 6 heteroatoms. The number of hydrogen-bond acceptors (Lipinski definition) is 4. The van der Waals surface area contributed by atoms with Crippen molar-refractivity contribution in [2.75, 3.05) is 18.8 Å². The van der Waals surface area contributed by atoms with Gasteiger partial charge in [0.25, 0.3) is 0 Å². The number of nitrogens with zero attached hydrogens (tertiary/aromatic N) is 4. The zero-order valence-electron chi connectivity index (χ0n) is 13.6. The molecule has 122 valence electrons. The Bertz CT molecular complexity index is 685. The molecule has 2 aromatic rings. The third-order valence-corrected chi connectivity index (χ3v) is 5.15. The molecular weight excluding hydrogens is 308 g/mol. The number of hydrogen-bond donors (Lipinski definition) is 0. The molecule has 0 saturated carbocycles. The molecule has 1 aliphatic heterocycles. The van der Waals surface area contributed by atoms with Gasteiger partial charge in [0.05, 0.1) is 11.4 Å². The van der Waals surface area contributed by atoms with Gasteiger partial charge in [-0.1, -0.05) is 36.9 Å². The molecule has 1 amide bonds. The van der Waals surface area contributed by atoms with E-state index in [9.17, 15) is 4.79 Å². The second kappa shape index (κ2) is 7.17. The van der Waals surface area contributed by atoms with Crippen LogP contribution in [0, 0.1) is 12.8 Å². The SMILES string of the molecule is Cc1ccccc1-n1cnnc1SCC(=O)N1CCCC(C)C1. The summed E-state index contributed by atoms with van der Waals surface area (Å²) in [6, 6.07) is 8.11. The van der Waals surface area contributed by atoms with E-state index in [-0.39, 0.29) is 5.91 Å². The van der Waals surface area contributed by atoms with E-state index in [1.807, 2.05) is 27.7 Å². The molecule has 0 N–H and O–H groups in total. The van der Waals surface area contributed by atoms with Crippen LogP contribution in [-0.4, -0.2) is 44.4 Å². The molecule has 23 heavy (non-hydrogen) atoms. The maximum Gasteiger partial charge on any atom is 0.233 e. The number of likely N-dealkylation sites (tertiary alicyclic amines) is 1. The highest BCUT2D eigenvalue weighted by Crippen LogP contribution is 2.23. The van der Waals surface area contributed by atoms with Gasteiger partial charge >= 0.3 is 0 Å².